The van der Waals surface area contributed by atoms with Crippen molar-refractivity contribution in [2.45, 2.75) is 25.8 Å². The molecular formula is C15H23ClN2O3. The number of hydrogen-bond acceptors (Lipinski definition) is 4. The maximum atomic E-state index is 11.9. The highest BCUT2D eigenvalue weighted by Gasteiger charge is 2.31. The molecule has 1 aromatic rings. The van der Waals surface area contributed by atoms with E-state index in [0.717, 1.165) is 12.8 Å². The van der Waals surface area contributed by atoms with Gasteiger partial charge in [-0.15, -0.1) is 12.4 Å². The molecule has 118 valence electrons. The van der Waals surface area contributed by atoms with Gasteiger partial charge in [0.2, 0.25) is 0 Å². The number of rotatable bonds is 8. The van der Waals surface area contributed by atoms with Crippen LogP contribution in [0.25, 0.3) is 0 Å². The summed E-state index contributed by atoms with van der Waals surface area (Å²) in [6.07, 6.45) is 2.30. The number of carbonyl (C=O) groups is 1. The standard InChI is InChI=1S/C15H22N2O3.ClH/c1-2-19-13-5-3-4-6-14(13)20-10-15(18)17-12(9-16)11-7-8-11;/h3-6,11-12H,2,7-10,16H2,1H3,(H,17,18);1H. The summed E-state index contributed by atoms with van der Waals surface area (Å²) in [4.78, 5) is 11.9. The molecule has 1 unspecified atom stereocenters. The first-order valence-corrected chi connectivity index (χ1v) is 7.08. The van der Waals surface area contributed by atoms with Crippen molar-refractivity contribution in [3.63, 3.8) is 0 Å². The van der Waals surface area contributed by atoms with Crippen molar-refractivity contribution >= 4 is 18.3 Å². The first-order chi connectivity index (χ1) is 9.74. The summed E-state index contributed by atoms with van der Waals surface area (Å²) in [7, 11) is 0. The van der Waals surface area contributed by atoms with Gasteiger partial charge in [0.15, 0.2) is 18.1 Å². The third-order valence-corrected chi connectivity index (χ3v) is 3.30. The van der Waals surface area contributed by atoms with E-state index in [-0.39, 0.29) is 31.0 Å². The van der Waals surface area contributed by atoms with Crippen molar-refractivity contribution < 1.29 is 14.3 Å². The Balaban J connectivity index is 0.00000220. The van der Waals surface area contributed by atoms with E-state index >= 15 is 0 Å². The molecule has 1 fully saturated rings. The molecule has 2 rings (SSSR count). The summed E-state index contributed by atoms with van der Waals surface area (Å²) in [6.45, 7) is 2.92. The fourth-order valence-corrected chi connectivity index (χ4v) is 2.10. The summed E-state index contributed by atoms with van der Waals surface area (Å²) in [5.41, 5.74) is 5.66. The molecule has 1 aromatic carbocycles. The highest BCUT2D eigenvalue weighted by atomic mass is 35.5. The molecule has 0 bridgehead atoms. The molecule has 1 aliphatic carbocycles. The molecule has 0 saturated heterocycles. The van der Waals surface area contributed by atoms with E-state index in [4.69, 9.17) is 15.2 Å². The third kappa shape index (κ3) is 5.44. The second kappa shape index (κ2) is 8.74. The highest BCUT2D eigenvalue weighted by Crippen LogP contribution is 2.32. The molecule has 5 nitrogen and oxygen atoms in total. The largest absolute Gasteiger partial charge is 0.490 e. The van der Waals surface area contributed by atoms with Crippen LogP contribution in [0.3, 0.4) is 0 Å². The Kier molecular flexibility index (Phi) is 7.32. The van der Waals surface area contributed by atoms with Crippen molar-refractivity contribution in [3.8, 4) is 11.5 Å². The van der Waals surface area contributed by atoms with Crippen molar-refractivity contribution in [2.24, 2.45) is 11.7 Å². The fraction of sp³-hybridized carbons (Fsp3) is 0.533. The van der Waals surface area contributed by atoms with Gasteiger partial charge in [-0.2, -0.15) is 0 Å². The minimum absolute atomic E-state index is 0. The monoisotopic (exact) mass is 314 g/mol. The van der Waals surface area contributed by atoms with Gasteiger partial charge in [-0.25, -0.2) is 0 Å². The summed E-state index contributed by atoms with van der Waals surface area (Å²) in [5, 5.41) is 2.92. The number of nitrogens with one attached hydrogen (secondary N) is 1. The van der Waals surface area contributed by atoms with E-state index < -0.39 is 0 Å². The summed E-state index contributed by atoms with van der Waals surface area (Å²) in [6, 6.07) is 7.41. The molecule has 1 amide bonds. The number of nitrogens with two attached hydrogens (primary N) is 1. The summed E-state index contributed by atoms with van der Waals surface area (Å²) < 4.78 is 11.0. The predicted molar refractivity (Wildman–Crippen MR) is 84.1 cm³/mol. The van der Waals surface area contributed by atoms with Crippen LogP contribution in [0.1, 0.15) is 19.8 Å². The Morgan fingerprint density at radius 3 is 2.48 bits per heavy atom. The second-order valence-electron chi connectivity index (χ2n) is 4.92. The lowest BCUT2D eigenvalue weighted by Crippen LogP contribution is -2.43. The molecule has 1 atom stereocenters. The summed E-state index contributed by atoms with van der Waals surface area (Å²) >= 11 is 0. The van der Waals surface area contributed by atoms with Crippen molar-refractivity contribution in [2.75, 3.05) is 19.8 Å². The zero-order chi connectivity index (χ0) is 14.4. The van der Waals surface area contributed by atoms with Crippen molar-refractivity contribution in [1.82, 2.24) is 5.32 Å². The molecular weight excluding hydrogens is 292 g/mol. The number of amides is 1. The predicted octanol–water partition coefficient (Wildman–Crippen LogP) is 1.74. The number of hydrogen-bond donors (Lipinski definition) is 2. The Morgan fingerprint density at radius 2 is 1.95 bits per heavy atom. The first kappa shape index (κ1) is 17.6. The molecule has 6 heteroatoms. The van der Waals surface area contributed by atoms with E-state index in [1.807, 2.05) is 25.1 Å². The number of para-hydroxylation sites is 2. The third-order valence-electron chi connectivity index (χ3n) is 3.30. The van der Waals surface area contributed by atoms with Gasteiger partial charge >= 0.3 is 0 Å². The fourth-order valence-electron chi connectivity index (χ4n) is 2.10. The van der Waals surface area contributed by atoms with Crippen LogP contribution in [0, 0.1) is 5.92 Å². The number of ether oxygens (including phenoxy) is 2. The Labute approximate surface area is 131 Å². The van der Waals surface area contributed by atoms with E-state index in [1.54, 1.807) is 6.07 Å². The molecule has 0 aromatic heterocycles. The summed E-state index contributed by atoms with van der Waals surface area (Å²) in [5.74, 6) is 1.64. The van der Waals surface area contributed by atoms with Gasteiger partial charge in [0, 0.05) is 12.6 Å². The average Bonchev–Trinajstić information content (AvgIpc) is 3.29. The van der Waals surface area contributed by atoms with Gasteiger partial charge in [0.05, 0.1) is 6.61 Å². The Bertz CT molecular complexity index is 452. The molecule has 3 N–H and O–H groups in total. The molecule has 1 aliphatic rings. The van der Waals surface area contributed by atoms with Crippen LogP contribution in [0.15, 0.2) is 24.3 Å². The first-order valence-electron chi connectivity index (χ1n) is 7.08. The van der Waals surface area contributed by atoms with E-state index in [9.17, 15) is 4.79 Å². The molecule has 0 spiro atoms. The maximum absolute atomic E-state index is 11.9. The van der Waals surface area contributed by atoms with Gasteiger partial charge in [-0.1, -0.05) is 12.1 Å². The van der Waals surface area contributed by atoms with E-state index in [1.165, 1.54) is 0 Å². The van der Waals surface area contributed by atoms with Gasteiger partial charge in [0.1, 0.15) is 0 Å². The van der Waals surface area contributed by atoms with Crippen LogP contribution in [0.2, 0.25) is 0 Å². The van der Waals surface area contributed by atoms with Gasteiger partial charge in [-0.05, 0) is 37.8 Å². The van der Waals surface area contributed by atoms with Crippen molar-refractivity contribution in [1.29, 1.82) is 0 Å². The quantitative estimate of drug-likeness (QED) is 0.766. The lowest BCUT2D eigenvalue weighted by atomic mass is 10.2. The smallest absolute Gasteiger partial charge is 0.258 e. The molecule has 0 radical (unpaired) electrons. The maximum Gasteiger partial charge on any atom is 0.258 e. The molecule has 0 aliphatic heterocycles. The van der Waals surface area contributed by atoms with Crippen LogP contribution < -0.4 is 20.5 Å². The van der Waals surface area contributed by atoms with Gasteiger partial charge in [-0.3, -0.25) is 4.79 Å². The minimum atomic E-state index is -0.140. The second-order valence-corrected chi connectivity index (χ2v) is 4.92. The van der Waals surface area contributed by atoms with Crippen LogP contribution in [-0.4, -0.2) is 31.7 Å². The molecule has 0 heterocycles. The Hall–Kier alpha value is -1.46. The van der Waals surface area contributed by atoms with Crippen LogP contribution >= 0.6 is 12.4 Å². The van der Waals surface area contributed by atoms with Crippen molar-refractivity contribution in [3.05, 3.63) is 24.3 Å². The number of carbonyl (C=O) groups excluding carboxylic acids is 1. The zero-order valence-electron chi connectivity index (χ0n) is 12.2. The van der Waals surface area contributed by atoms with Crippen LogP contribution in [0.5, 0.6) is 11.5 Å². The minimum Gasteiger partial charge on any atom is -0.490 e. The molecule has 1 saturated carbocycles. The van der Waals surface area contributed by atoms with E-state index in [0.29, 0.717) is 30.6 Å². The van der Waals surface area contributed by atoms with Gasteiger partial charge < -0.3 is 20.5 Å². The van der Waals surface area contributed by atoms with Crippen LogP contribution in [0.4, 0.5) is 0 Å². The van der Waals surface area contributed by atoms with Gasteiger partial charge in [0.25, 0.3) is 5.91 Å². The SMILES string of the molecule is CCOc1ccccc1OCC(=O)NC(CN)C1CC1.Cl. The molecule has 21 heavy (non-hydrogen) atoms. The number of benzene rings is 1. The van der Waals surface area contributed by atoms with Crippen LogP contribution in [-0.2, 0) is 4.79 Å². The Morgan fingerprint density at radius 1 is 1.33 bits per heavy atom. The topological polar surface area (TPSA) is 73.6 Å². The van der Waals surface area contributed by atoms with E-state index in [2.05, 4.69) is 5.32 Å². The lowest BCUT2D eigenvalue weighted by Gasteiger charge is -2.16. The highest BCUT2D eigenvalue weighted by molar-refractivity contribution is 5.85. The average molecular weight is 315 g/mol. The lowest BCUT2D eigenvalue weighted by molar-refractivity contribution is -0.123. The zero-order valence-corrected chi connectivity index (χ0v) is 13.0. The normalized spacial score (nSPS) is 14.8. The number of halogens is 1.